The summed E-state index contributed by atoms with van der Waals surface area (Å²) in [6, 6.07) is 14.9. The van der Waals surface area contributed by atoms with E-state index in [4.69, 9.17) is 30.0 Å². The number of benzene rings is 2. The summed E-state index contributed by atoms with van der Waals surface area (Å²) in [5.41, 5.74) is 3.50. The third-order valence-corrected chi connectivity index (χ3v) is 7.36. The predicted molar refractivity (Wildman–Crippen MR) is 142 cm³/mol. The first-order valence-corrected chi connectivity index (χ1v) is 12.3. The van der Waals surface area contributed by atoms with Crippen LogP contribution in [0.5, 0.6) is 5.75 Å². The second-order valence-electron chi connectivity index (χ2n) is 8.24. The normalized spacial score (nSPS) is 13.2. The Labute approximate surface area is 198 Å². The number of nitrogens with zero attached hydrogens (tertiary/aromatic N) is 1. The van der Waals surface area contributed by atoms with Crippen LogP contribution < -0.4 is 9.64 Å². The lowest BCUT2D eigenvalue weighted by molar-refractivity contribution is 0.289. The topological polar surface area (TPSA) is 12.5 Å². The van der Waals surface area contributed by atoms with Crippen molar-refractivity contribution < 1.29 is 4.74 Å². The van der Waals surface area contributed by atoms with Crippen LogP contribution in [0.25, 0.3) is 4.91 Å². The molecule has 0 aliphatic carbocycles. The minimum Gasteiger partial charge on any atom is -0.493 e. The van der Waals surface area contributed by atoms with Crippen molar-refractivity contribution in [2.75, 3.05) is 25.6 Å². The summed E-state index contributed by atoms with van der Waals surface area (Å²) in [5.74, 6) is 1.98. The minimum absolute atomic E-state index is 0.490. The molecule has 2 aromatic rings. The molecule has 0 saturated carbocycles. The minimum atomic E-state index is 0.490. The number of thiol groups is 2. The van der Waals surface area contributed by atoms with E-state index in [9.17, 15) is 0 Å². The molecule has 0 saturated heterocycles. The van der Waals surface area contributed by atoms with Gasteiger partial charge in [0.15, 0.2) is 0 Å². The van der Waals surface area contributed by atoms with Gasteiger partial charge >= 0.3 is 0 Å². The fourth-order valence-corrected chi connectivity index (χ4v) is 4.34. The summed E-state index contributed by atoms with van der Waals surface area (Å²) in [4.78, 5) is 4.08. The van der Waals surface area contributed by atoms with Crippen LogP contribution in [0.4, 0.5) is 5.69 Å². The largest absolute Gasteiger partial charge is 0.493 e. The van der Waals surface area contributed by atoms with E-state index in [0.29, 0.717) is 18.4 Å². The second-order valence-corrected chi connectivity index (χ2v) is 10.5. The van der Waals surface area contributed by atoms with Crippen LogP contribution in [-0.2, 0) is 0 Å². The van der Waals surface area contributed by atoms with Crippen LogP contribution in [0.2, 0.25) is 0 Å². The molecule has 0 radical (unpaired) electrons. The lowest BCUT2D eigenvalue weighted by atomic mass is 9.96. The Hall–Kier alpha value is -1.17. The standard InChI is InChI=1S/C25H35NOS3/c1-7-18(4)19-8-13-23(27-15-14-17(2)3)22(16-19)24(28)25(29)30-21-11-9-20(10-12-21)26(5)6/h8-13,16-18,28-29H,7,14-15H2,1-6H3. The number of ether oxygens (including phenoxy) is 1. The quantitative estimate of drug-likeness (QED) is 0.275. The third-order valence-electron chi connectivity index (χ3n) is 5.16. The molecule has 30 heavy (non-hydrogen) atoms. The summed E-state index contributed by atoms with van der Waals surface area (Å²) >= 11 is 11.3. The highest BCUT2D eigenvalue weighted by atomic mass is 32.2. The fraction of sp³-hybridized carbons (Fsp3) is 0.440. The van der Waals surface area contributed by atoms with E-state index >= 15 is 0 Å². The van der Waals surface area contributed by atoms with E-state index < -0.39 is 0 Å². The molecule has 1 atom stereocenters. The lowest BCUT2D eigenvalue weighted by Crippen LogP contribution is -2.07. The van der Waals surface area contributed by atoms with Gasteiger partial charge in [-0.25, -0.2) is 0 Å². The van der Waals surface area contributed by atoms with Crippen LogP contribution >= 0.6 is 37.0 Å². The van der Waals surface area contributed by atoms with Crippen LogP contribution in [0.15, 0.2) is 51.6 Å². The van der Waals surface area contributed by atoms with Crippen LogP contribution in [0.1, 0.15) is 57.6 Å². The first-order chi connectivity index (χ1) is 14.2. The molecule has 2 nitrogen and oxygen atoms in total. The first kappa shape index (κ1) is 25.1. The highest BCUT2D eigenvalue weighted by Crippen LogP contribution is 2.41. The van der Waals surface area contributed by atoms with Gasteiger partial charge in [0.05, 0.1) is 10.8 Å². The molecule has 0 bridgehead atoms. The molecule has 5 heteroatoms. The molecule has 0 N–H and O–H groups in total. The van der Waals surface area contributed by atoms with Crippen molar-refractivity contribution >= 4 is 47.6 Å². The maximum absolute atomic E-state index is 6.15. The van der Waals surface area contributed by atoms with Crippen molar-refractivity contribution in [2.24, 2.45) is 5.92 Å². The Bertz CT molecular complexity index is 844. The maximum atomic E-state index is 6.15. The van der Waals surface area contributed by atoms with Gasteiger partial charge in [0.2, 0.25) is 0 Å². The zero-order chi connectivity index (χ0) is 22.3. The average molecular weight is 462 g/mol. The van der Waals surface area contributed by atoms with Gasteiger partial charge in [-0.2, -0.15) is 0 Å². The van der Waals surface area contributed by atoms with E-state index in [-0.39, 0.29) is 0 Å². The number of thioether (sulfide) groups is 1. The van der Waals surface area contributed by atoms with Gasteiger partial charge in [-0.3, -0.25) is 0 Å². The van der Waals surface area contributed by atoms with Gasteiger partial charge in [-0.05, 0) is 66.6 Å². The smallest absolute Gasteiger partial charge is 0.127 e. The zero-order valence-electron chi connectivity index (χ0n) is 19.0. The van der Waals surface area contributed by atoms with Gasteiger partial charge in [-0.1, -0.05) is 45.5 Å². The molecular formula is C25H35NOS3. The van der Waals surface area contributed by atoms with Gasteiger partial charge < -0.3 is 9.64 Å². The number of hydrogen-bond donors (Lipinski definition) is 2. The molecular weight excluding hydrogens is 426 g/mol. The Kier molecular flexibility index (Phi) is 10.1. The molecule has 0 spiro atoms. The first-order valence-electron chi connectivity index (χ1n) is 10.6. The molecule has 0 aliphatic heterocycles. The molecule has 2 rings (SSSR count). The van der Waals surface area contributed by atoms with Crippen LogP contribution in [-0.4, -0.2) is 20.7 Å². The number of hydrogen-bond acceptors (Lipinski definition) is 5. The van der Waals surface area contributed by atoms with Crippen molar-refractivity contribution in [3.63, 3.8) is 0 Å². The van der Waals surface area contributed by atoms with E-state index in [1.807, 2.05) is 14.1 Å². The van der Waals surface area contributed by atoms with Gasteiger partial charge in [-0.15, -0.1) is 25.3 Å². The van der Waals surface area contributed by atoms with Crippen LogP contribution in [0.3, 0.4) is 0 Å². The predicted octanol–water partition coefficient (Wildman–Crippen LogP) is 7.97. The van der Waals surface area contributed by atoms with Crippen molar-refractivity contribution in [3.8, 4) is 5.75 Å². The molecule has 164 valence electrons. The summed E-state index contributed by atoms with van der Waals surface area (Å²) in [7, 11) is 4.09. The molecule has 0 fully saturated rings. The third kappa shape index (κ3) is 7.21. The number of rotatable bonds is 10. The highest BCUT2D eigenvalue weighted by Gasteiger charge is 2.14. The van der Waals surface area contributed by atoms with E-state index in [1.54, 1.807) is 11.8 Å². The van der Waals surface area contributed by atoms with E-state index in [0.717, 1.165) is 38.2 Å². The molecule has 2 aromatic carbocycles. The fourth-order valence-electron chi connectivity index (χ4n) is 2.89. The highest BCUT2D eigenvalue weighted by molar-refractivity contribution is 8.17. The van der Waals surface area contributed by atoms with Crippen molar-refractivity contribution in [3.05, 3.63) is 57.8 Å². The average Bonchev–Trinajstić information content (AvgIpc) is 2.72. The Morgan fingerprint density at radius 3 is 2.27 bits per heavy atom. The van der Waals surface area contributed by atoms with Crippen molar-refractivity contribution in [1.82, 2.24) is 0 Å². The molecule has 0 heterocycles. The summed E-state index contributed by atoms with van der Waals surface area (Å²) in [6.07, 6.45) is 2.12. The van der Waals surface area contributed by atoms with Crippen molar-refractivity contribution in [1.29, 1.82) is 0 Å². The van der Waals surface area contributed by atoms with Crippen molar-refractivity contribution in [2.45, 2.75) is 51.3 Å². The summed E-state index contributed by atoms with van der Waals surface area (Å²) < 4.78 is 7.01. The number of anilines is 1. The Morgan fingerprint density at radius 2 is 1.70 bits per heavy atom. The summed E-state index contributed by atoms with van der Waals surface area (Å²) in [6.45, 7) is 9.60. The lowest BCUT2D eigenvalue weighted by Gasteiger charge is -2.18. The second kappa shape index (κ2) is 12.0. The Balaban J connectivity index is 2.33. The van der Waals surface area contributed by atoms with Gasteiger partial charge in [0, 0.05) is 35.1 Å². The molecule has 0 aliphatic rings. The molecule has 0 aromatic heterocycles. The van der Waals surface area contributed by atoms with E-state index in [2.05, 4.69) is 75.1 Å². The van der Waals surface area contributed by atoms with Crippen LogP contribution in [0, 0.1) is 5.92 Å². The summed E-state index contributed by atoms with van der Waals surface area (Å²) in [5, 5.41) is 0. The van der Waals surface area contributed by atoms with Gasteiger partial charge in [0.1, 0.15) is 5.75 Å². The molecule has 0 amide bonds. The van der Waals surface area contributed by atoms with E-state index in [1.165, 1.54) is 11.3 Å². The van der Waals surface area contributed by atoms with Gasteiger partial charge in [0.25, 0.3) is 0 Å². The Morgan fingerprint density at radius 1 is 1.03 bits per heavy atom. The SMILES string of the molecule is CCC(C)c1ccc(OCCC(C)C)c(C(S)=C(S)Sc2ccc(N(C)C)cc2)c1. The monoisotopic (exact) mass is 461 g/mol. The molecule has 1 unspecified atom stereocenters. The maximum Gasteiger partial charge on any atom is 0.127 e. The zero-order valence-corrected chi connectivity index (χ0v) is 21.6.